The van der Waals surface area contributed by atoms with Crippen molar-refractivity contribution in [2.24, 2.45) is 0 Å². The Bertz CT molecular complexity index is 968. The third-order valence-electron chi connectivity index (χ3n) is 4.94. The molecule has 0 saturated carbocycles. The number of Topliss-reactive ketones (excluding diaryl/α,β-unsaturated/α-hetero) is 1. The molecule has 0 radical (unpaired) electrons. The van der Waals surface area contributed by atoms with E-state index in [9.17, 15) is 19.1 Å². The van der Waals surface area contributed by atoms with Crippen LogP contribution in [0.1, 0.15) is 22.7 Å². The van der Waals surface area contributed by atoms with Crippen molar-refractivity contribution in [1.29, 1.82) is 0 Å². The van der Waals surface area contributed by atoms with E-state index in [0.29, 0.717) is 16.9 Å². The molecule has 1 aliphatic heterocycles. The fourth-order valence-electron chi connectivity index (χ4n) is 3.38. The van der Waals surface area contributed by atoms with E-state index in [1.807, 2.05) is 0 Å². The van der Waals surface area contributed by atoms with Crippen LogP contribution in [0.2, 0.25) is 0 Å². The van der Waals surface area contributed by atoms with Crippen molar-refractivity contribution in [2.45, 2.75) is 13.0 Å². The lowest BCUT2D eigenvalue weighted by Crippen LogP contribution is -2.32. The lowest BCUT2D eigenvalue weighted by Gasteiger charge is -2.25. The fraction of sp³-hybridized carbons (Fsp3) is 0.273. The van der Waals surface area contributed by atoms with Crippen molar-refractivity contribution in [3.05, 3.63) is 70.5 Å². The molecule has 0 aliphatic carbocycles. The molecule has 0 spiro atoms. The molecule has 0 aromatic heterocycles. The molecule has 1 amide bonds. The van der Waals surface area contributed by atoms with Gasteiger partial charge in [-0.25, -0.2) is 4.39 Å². The lowest BCUT2D eigenvalue weighted by atomic mass is 9.95. The first kappa shape index (κ1) is 20.5. The minimum Gasteiger partial charge on any atom is -0.507 e. The summed E-state index contributed by atoms with van der Waals surface area (Å²) in [6.45, 7) is 1.97. The first-order valence-electron chi connectivity index (χ1n) is 9.06. The molecule has 1 atom stereocenters. The normalized spacial score (nSPS) is 18.3. The summed E-state index contributed by atoms with van der Waals surface area (Å²) in [5.41, 5.74) is 1.19. The van der Waals surface area contributed by atoms with Crippen LogP contribution in [0.5, 0.6) is 5.75 Å². The smallest absolute Gasteiger partial charge is 0.295 e. The minimum absolute atomic E-state index is 0.0396. The lowest BCUT2D eigenvalue weighted by molar-refractivity contribution is -0.140. The third kappa shape index (κ3) is 3.86. The summed E-state index contributed by atoms with van der Waals surface area (Å²) in [4.78, 5) is 26.9. The van der Waals surface area contributed by atoms with Crippen molar-refractivity contribution in [3.8, 4) is 5.75 Å². The molecule has 1 fully saturated rings. The molecule has 29 heavy (non-hydrogen) atoms. The molecule has 1 heterocycles. The number of ketones is 1. The van der Waals surface area contributed by atoms with Gasteiger partial charge < -0.3 is 19.5 Å². The predicted molar refractivity (Wildman–Crippen MR) is 105 cm³/mol. The second kappa shape index (κ2) is 8.45. The van der Waals surface area contributed by atoms with Crippen LogP contribution in [-0.4, -0.2) is 49.1 Å². The zero-order valence-corrected chi connectivity index (χ0v) is 16.4. The number of methoxy groups -OCH3 is 2. The average Bonchev–Trinajstić information content (AvgIpc) is 2.98. The average molecular weight is 399 g/mol. The molecular formula is C22H22FNO5. The first-order chi connectivity index (χ1) is 13.9. The monoisotopic (exact) mass is 399 g/mol. The Hall–Kier alpha value is -3.19. The second-order valence-electron chi connectivity index (χ2n) is 6.72. The quantitative estimate of drug-likeness (QED) is 0.459. The number of benzene rings is 2. The van der Waals surface area contributed by atoms with Gasteiger partial charge in [0.15, 0.2) is 0 Å². The van der Waals surface area contributed by atoms with Gasteiger partial charge in [-0.1, -0.05) is 12.1 Å². The van der Waals surface area contributed by atoms with Crippen molar-refractivity contribution < 1.29 is 28.6 Å². The maximum absolute atomic E-state index is 13.6. The number of halogens is 1. The molecule has 1 saturated heterocycles. The molecule has 7 heteroatoms. The highest BCUT2D eigenvalue weighted by molar-refractivity contribution is 6.46. The molecule has 2 aromatic carbocycles. The molecule has 1 aliphatic rings. The van der Waals surface area contributed by atoms with Gasteiger partial charge in [0.25, 0.3) is 11.7 Å². The van der Waals surface area contributed by atoms with Crippen LogP contribution in [0.25, 0.3) is 5.76 Å². The summed E-state index contributed by atoms with van der Waals surface area (Å²) in [5, 5.41) is 10.9. The molecule has 0 bridgehead atoms. The molecule has 1 N–H and O–H groups in total. The molecule has 3 rings (SSSR count). The topological polar surface area (TPSA) is 76.1 Å². The SMILES string of the molecule is COCCN1C(=O)C(=O)/C(=C(\O)c2ccc(F)c(C)c2)C1c1ccc(OC)cc1. The Kier molecular flexibility index (Phi) is 5.98. The van der Waals surface area contributed by atoms with Gasteiger partial charge in [0, 0.05) is 19.2 Å². The van der Waals surface area contributed by atoms with Gasteiger partial charge in [-0.2, -0.15) is 0 Å². The number of nitrogens with zero attached hydrogens (tertiary/aromatic N) is 1. The zero-order valence-electron chi connectivity index (χ0n) is 16.4. The number of likely N-dealkylation sites (tertiary alicyclic amines) is 1. The number of hydrogen-bond acceptors (Lipinski definition) is 5. The van der Waals surface area contributed by atoms with Crippen molar-refractivity contribution in [3.63, 3.8) is 0 Å². The van der Waals surface area contributed by atoms with Crippen LogP contribution in [0.15, 0.2) is 48.0 Å². The van der Waals surface area contributed by atoms with E-state index >= 15 is 0 Å². The summed E-state index contributed by atoms with van der Waals surface area (Å²) in [6.07, 6.45) is 0. The number of aliphatic hydroxyl groups is 1. The highest BCUT2D eigenvalue weighted by Crippen LogP contribution is 2.39. The maximum atomic E-state index is 13.6. The summed E-state index contributed by atoms with van der Waals surface area (Å²) < 4.78 is 23.9. The number of aryl methyl sites for hydroxylation is 1. The number of ether oxygens (including phenoxy) is 2. The van der Waals surface area contributed by atoms with E-state index in [4.69, 9.17) is 9.47 Å². The number of aliphatic hydroxyl groups excluding tert-OH is 1. The van der Waals surface area contributed by atoms with E-state index in [0.717, 1.165) is 0 Å². The van der Waals surface area contributed by atoms with E-state index in [1.165, 1.54) is 37.3 Å². The van der Waals surface area contributed by atoms with E-state index in [1.54, 1.807) is 31.2 Å². The van der Waals surface area contributed by atoms with E-state index in [2.05, 4.69) is 0 Å². The molecule has 6 nitrogen and oxygen atoms in total. The fourth-order valence-corrected chi connectivity index (χ4v) is 3.38. The standard InChI is InChI=1S/C22H22FNO5/c1-13-12-15(6-9-17(13)23)20(25)18-19(14-4-7-16(29-3)8-5-14)24(10-11-28-2)22(27)21(18)26/h4-9,12,19,25H,10-11H2,1-3H3/b20-18-. The summed E-state index contributed by atoms with van der Waals surface area (Å²) >= 11 is 0. The number of carbonyl (C=O) groups excluding carboxylic acids is 2. The van der Waals surface area contributed by atoms with Crippen molar-refractivity contribution in [2.75, 3.05) is 27.4 Å². The minimum atomic E-state index is -0.790. The maximum Gasteiger partial charge on any atom is 0.295 e. The molecule has 1 unspecified atom stereocenters. The Morgan fingerprint density at radius 2 is 1.83 bits per heavy atom. The van der Waals surface area contributed by atoms with Crippen LogP contribution >= 0.6 is 0 Å². The van der Waals surface area contributed by atoms with Gasteiger partial charge in [-0.15, -0.1) is 0 Å². The Labute approximate surface area is 168 Å². The Balaban J connectivity index is 2.15. The molecule has 152 valence electrons. The van der Waals surface area contributed by atoms with Crippen LogP contribution in [0.3, 0.4) is 0 Å². The number of hydrogen-bond donors (Lipinski definition) is 1. The van der Waals surface area contributed by atoms with Gasteiger partial charge in [0.2, 0.25) is 0 Å². The van der Waals surface area contributed by atoms with Crippen LogP contribution < -0.4 is 4.74 Å². The van der Waals surface area contributed by atoms with Crippen molar-refractivity contribution in [1.82, 2.24) is 4.90 Å². The Morgan fingerprint density at radius 3 is 2.41 bits per heavy atom. The predicted octanol–water partition coefficient (Wildman–Crippen LogP) is 3.21. The van der Waals surface area contributed by atoms with Gasteiger partial charge in [0.1, 0.15) is 17.3 Å². The highest BCUT2D eigenvalue weighted by atomic mass is 19.1. The van der Waals surface area contributed by atoms with Gasteiger partial charge in [-0.3, -0.25) is 9.59 Å². The summed E-state index contributed by atoms with van der Waals surface area (Å²) in [7, 11) is 3.04. The van der Waals surface area contributed by atoms with Crippen LogP contribution in [0, 0.1) is 12.7 Å². The molecule has 2 aromatic rings. The van der Waals surface area contributed by atoms with Crippen LogP contribution in [-0.2, 0) is 14.3 Å². The van der Waals surface area contributed by atoms with Gasteiger partial charge in [0.05, 0.1) is 25.3 Å². The van der Waals surface area contributed by atoms with E-state index < -0.39 is 23.5 Å². The van der Waals surface area contributed by atoms with Crippen LogP contribution in [0.4, 0.5) is 4.39 Å². The van der Waals surface area contributed by atoms with Crippen molar-refractivity contribution >= 4 is 17.4 Å². The number of carbonyl (C=O) groups is 2. The largest absolute Gasteiger partial charge is 0.507 e. The summed E-state index contributed by atoms with van der Waals surface area (Å²) in [5.74, 6) is -1.65. The highest BCUT2D eigenvalue weighted by Gasteiger charge is 2.45. The zero-order chi connectivity index (χ0) is 21.1. The number of amides is 1. The van der Waals surface area contributed by atoms with E-state index in [-0.39, 0.29) is 30.0 Å². The van der Waals surface area contributed by atoms with Gasteiger partial charge >= 0.3 is 0 Å². The second-order valence-corrected chi connectivity index (χ2v) is 6.72. The summed E-state index contributed by atoms with van der Waals surface area (Å²) in [6, 6.07) is 10.1. The number of rotatable bonds is 6. The molecular weight excluding hydrogens is 377 g/mol. The third-order valence-corrected chi connectivity index (χ3v) is 4.94. The van der Waals surface area contributed by atoms with Gasteiger partial charge in [-0.05, 0) is 48.4 Å². The Morgan fingerprint density at radius 1 is 1.14 bits per heavy atom. The first-order valence-corrected chi connectivity index (χ1v) is 9.06.